The van der Waals surface area contributed by atoms with E-state index in [4.69, 9.17) is 4.42 Å². The maximum Gasteiger partial charge on any atom is 0.406 e. The molecule has 138 valence electrons. The first-order chi connectivity index (χ1) is 12.1. The van der Waals surface area contributed by atoms with Gasteiger partial charge in [-0.05, 0) is 12.1 Å². The van der Waals surface area contributed by atoms with Gasteiger partial charge in [-0.15, -0.1) is 0 Å². The molecule has 0 N–H and O–H groups in total. The maximum atomic E-state index is 12.8. The summed E-state index contributed by atoms with van der Waals surface area (Å²) < 4.78 is 43.3. The van der Waals surface area contributed by atoms with Crippen LogP contribution in [0, 0.1) is 20.2 Å². The number of hydrogen-bond acceptors (Lipinski definition) is 6. The third-order valence-electron chi connectivity index (χ3n) is 3.16. The Morgan fingerprint density at radius 1 is 1.12 bits per heavy atom. The number of furan rings is 1. The van der Waals surface area contributed by atoms with E-state index in [1.54, 1.807) is 0 Å². The first kappa shape index (κ1) is 18.9. The predicted molar refractivity (Wildman–Crippen MR) is 79.3 cm³/mol. The van der Waals surface area contributed by atoms with Gasteiger partial charge in [-0.2, -0.15) is 13.2 Å². The van der Waals surface area contributed by atoms with Crippen molar-refractivity contribution in [2.75, 3.05) is 6.54 Å². The number of halogens is 3. The van der Waals surface area contributed by atoms with Gasteiger partial charge in [0.1, 0.15) is 12.3 Å². The highest BCUT2D eigenvalue weighted by Gasteiger charge is 2.34. The number of rotatable bonds is 6. The molecule has 2 aromatic rings. The lowest BCUT2D eigenvalue weighted by molar-refractivity contribution is -0.394. The van der Waals surface area contributed by atoms with Gasteiger partial charge >= 0.3 is 6.18 Å². The molecule has 12 heteroatoms. The molecule has 0 saturated carbocycles. The minimum Gasteiger partial charge on any atom is -0.467 e. The number of nitro groups is 2. The molecule has 0 unspecified atom stereocenters. The van der Waals surface area contributed by atoms with Crippen molar-refractivity contribution >= 4 is 17.3 Å². The molecule has 2 rings (SSSR count). The number of hydrogen-bond donors (Lipinski definition) is 0. The average Bonchev–Trinajstić information content (AvgIpc) is 3.04. The van der Waals surface area contributed by atoms with Crippen LogP contribution in [0.1, 0.15) is 16.1 Å². The van der Waals surface area contributed by atoms with Crippen LogP contribution >= 0.6 is 0 Å². The summed E-state index contributed by atoms with van der Waals surface area (Å²) in [6.07, 6.45) is -3.56. The van der Waals surface area contributed by atoms with Crippen molar-refractivity contribution in [1.29, 1.82) is 0 Å². The number of carbonyl (C=O) groups excluding carboxylic acids is 1. The van der Waals surface area contributed by atoms with Gasteiger partial charge in [0.2, 0.25) is 0 Å². The Morgan fingerprint density at radius 3 is 2.12 bits per heavy atom. The summed E-state index contributed by atoms with van der Waals surface area (Å²) in [5, 5.41) is 21.7. The van der Waals surface area contributed by atoms with E-state index >= 15 is 0 Å². The van der Waals surface area contributed by atoms with E-state index in [1.165, 1.54) is 18.4 Å². The quantitative estimate of drug-likeness (QED) is 0.566. The Kier molecular flexibility index (Phi) is 5.24. The van der Waals surface area contributed by atoms with Gasteiger partial charge in [0.25, 0.3) is 17.3 Å². The topological polar surface area (TPSA) is 120 Å². The molecule has 0 spiro atoms. The van der Waals surface area contributed by atoms with E-state index in [1.807, 2.05) is 0 Å². The van der Waals surface area contributed by atoms with E-state index in [2.05, 4.69) is 0 Å². The average molecular weight is 373 g/mol. The molecule has 9 nitrogen and oxygen atoms in total. The third kappa shape index (κ3) is 4.78. The molecule has 1 aromatic heterocycles. The molecule has 0 aliphatic carbocycles. The first-order valence-electron chi connectivity index (χ1n) is 6.89. The SMILES string of the molecule is O=C(c1cc([N+](=O)[O-])cc([N+](=O)[O-])c1)N(Cc1ccco1)CC(F)(F)F. The van der Waals surface area contributed by atoms with Gasteiger partial charge in [0.15, 0.2) is 0 Å². The number of amides is 1. The third-order valence-corrected chi connectivity index (χ3v) is 3.16. The Hall–Kier alpha value is -3.44. The minimum absolute atomic E-state index is 0.0440. The number of non-ortho nitro benzene ring substituents is 2. The molecular formula is C14H10F3N3O6. The molecule has 0 aliphatic heterocycles. The number of benzene rings is 1. The highest BCUT2D eigenvalue weighted by molar-refractivity contribution is 5.95. The molecule has 1 amide bonds. The van der Waals surface area contributed by atoms with Crippen LogP contribution in [0.25, 0.3) is 0 Å². The summed E-state index contributed by atoms with van der Waals surface area (Å²) in [4.78, 5) is 32.5. The van der Waals surface area contributed by atoms with Crippen LogP contribution in [-0.2, 0) is 6.54 Å². The first-order valence-corrected chi connectivity index (χ1v) is 6.89. The van der Waals surface area contributed by atoms with Gasteiger partial charge in [-0.25, -0.2) is 0 Å². The van der Waals surface area contributed by atoms with Crippen LogP contribution in [0.3, 0.4) is 0 Å². The molecule has 0 radical (unpaired) electrons. The van der Waals surface area contributed by atoms with Crippen molar-refractivity contribution in [2.24, 2.45) is 0 Å². The van der Waals surface area contributed by atoms with Crippen LogP contribution in [-0.4, -0.2) is 33.4 Å². The zero-order chi connectivity index (χ0) is 19.5. The molecule has 1 heterocycles. The molecule has 0 atom stereocenters. The second kappa shape index (κ2) is 7.21. The van der Waals surface area contributed by atoms with E-state index < -0.39 is 52.0 Å². The molecule has 0 aliphatic rings. The van der Waals surface area contributed by atoms with Crippen LogP contribution in [0.5, 0.6) is 0 Å². The molecule has 0 bridgehead atoms. The normalized spacial score (nSPS) is 11.2. The van der Waals surface area contributed by atoms with Crippen molar-refractivity contribution in [2.45, 2.75) is 12.7 Å². The van der Waals surface area contributed by atoms with E-state index in [0.29, 0.717) is 23.1 Å². The van der Waals surface area contributed by atoms with Gasteiger partial charge < -0.3 is 9.32 Å². The minimum atomic E-state index is -4.76. The van der Waals surface area contributed by atoms with Gasteiger partial charge in [0.05, 0.1) is 34.3 Å². The van der Waals surface area contributed by atoms with Crippen molar-refractivity contribution in [3.8, 4) is 0 Å². The van der Waals surface area contributed by atoms with Crippen LogP contribution < -0.4 is 0 Å². The maximum absolute atomic E-state index is 12.8. The lowest BCUT2D eigenvalue weighted by atomic mass is 10.1. The standard InChI is InChI=1S/C14H10F3N3O6/c15-14(16,17)8-18(7-12-2-1-3-26-12)13(21)9-4-10(19(22)23)6-11(5-9)20(24)25/h1-6H,7-8H2. The second-order valence-corrected chi connectivity index (χ2v) is 5.11. The van der Waals surface area contributed by atoms with Crippen molar-refractivity contribution in [1.82, 2.24) is 4.90 Å². The van der Waals surface area contributed by atoms with E-state index in [0.717, 1.165) is 0 Å². The summed E-state index contributed by atoms with van der Waals surface area (Å²) in [5.74, 6) is -1.21. The summed E-state index contributed by atoms with van der Waals surface area (Å²) in [6.45, 7) is -2.23. The Balaban J connectivity index is 2.43. The smallest absolute Gasteiger partial charge is 0.406 e. The zero-order valence-electron chi connectivity index (χ0n) is 12.8. The second-order valence-electron chi connectivity index (χ2n) is 5.11. The fourth-order valence-electron chi connectivity index (χ4n) is 2.12. The van der Waals surface area contributed by atoms with Crippen LogP contribution in [0.2, 0.25) is 0 Å². The monoisotopic (exact) mass is 373 g/mol. The summed E-state index contributed by atoms with van der Waals surface area (Å²) >= 11 is 0. The van der Waals surface area contributed by atoms with Crippen molar-refractivity contribution in [3.63, 3.8) is 0 Å². The highest BCUT2D eigenvalue weighted by Crippen LogP contribution is 2.26. The lowest BCUT2D eigenvalue weighted by Gasteiger charge is -2.23. The fraction of sp³-hybridized carbons (Fsp3) is 0.214. The number of nitrogens with zero attached hydrogens (tertiary/aromatic N) is 3. The summed E-state index contributed by atoms with van der Waals surface area (Å²) in [6, 6.07) is 4.72. The lowest BCUT2D eigenvalue weighted by Crippen LogP contribution is -2.38. The highest BCUT2D eigenvalue weighted by atomic mass is 19.4. The fourth-order valence-corrected chi connectivity index (χ4v) is 2.12. The molecule has 26 heavy (non-hydrogen) atoms. The Bertz CT molecular complexity index is 803. The van der Waals surface area contributed by atoms with E-state index in [-0.39, 0.29) is 5.76 Å². The van der Waals surface area contributed by atoms with Gasteiger partial charge in [-0.1, -0.05) is 0 Å². The van der Waals surface area contributed by atoms with Crippen LogP contribution in [0.15, 0.2) is 41.0 Å². The van der Waals surface area contributed by atoms with E-state index in [9.17, 15) is 38.2 Å². The molecular weight excluding hydrogens is 363 g/mol. The number of nitro benzene ring substituents is 2. The van der Waals surface area contributed by atoms with Crippen LogP contribution in [0.4, 0.5) is 24.5 Å². The summed E-state index contributed by atoms with van der Waals surface area (Å²) in [5.41, 5.74) is -2.18. The van der Waals surface area contributed by atoms with Crippen molar-refractivity contribution < 1.29 is 32.2 Å². The zero-order valence-corrected chi connectivity index (χ0v) is 12.8. The largest absolute Gasteiger partial charge is 0.467 e. The predicted octanol–water partition coefficient (Wildman–Crippen LogP) is 3.30. The molecule has 0 saturated heterocycles. The Morgan fingerprint density at radius 2 is 1.69 bits per heavy atom. The van der Waals surface area contributed by atoms with Gasteiger partial charge in [-0.3, -0.25) is 25.0 Å². The Labute approximate surface area is 142 Å². The number of carbonyl (C=O) groups is 1. The van der Waals surface area contributed by atoms with Gasteiger partial charge in [0, 0.05) is 12.1 Å². The summed E-state index contributed by atoms with van der Waals surface area (Å²) in [7, 11) is 0. The number of alkyl halides is 3. The van der Waals surface area contributed by atoms with Crippen molar-refractivity contribution in [3.05, 3.63) is 68.1 Å². The molecule has 0 fully saturated rings. The molecule has 1 aromatic carbocycles.